The van der Waals surface area contributed by atoms with Crippen molar-refractivity contribution in [1.82, 2.24) is 4.98 Å². The topological polar surface area (TPSA) is 97.5 Å². The first kappa shape index (κ1) is 12.6. The molecule has 1 aromatic rings. The van der Waals surface area contributed by atoms with Gasteiger partial charge in [0.25, 0.3) is 0 Å². The summed E-state index contributed by atoms with van der Waals surface area (Å²) in [5, 5.41) is 23.0. The molecule has 0 spiro atoms. The van der Waals surface area contributed by atoms with E-state index in [9.17, 15) is 15.2 Å². The van der Waals surface area contributed by atoms with Crippen LogP contribution < -0.4 is 10.1 Å². The van der Waals surface area contributed by atoms with Gasteiger partial charge in [0.15, 0.2) is 0 Å². The molecule has 1 aromatic heterocycles. The summed E-state index contributed by atoms with van der Waals surface area (Å²) in [7, 11) is 1.45. The number of anilines is 1. The summed E-state index contributed by atoms with van der Waals surface area (Å²) in [6.45, 7) is 0.558. The summed E-state index contributed by atoms with van der Waals surface area (Å²) in [5.74, 6) is 0.496. The predicted molar refractivity (Wildman–Crippen MR) is 64.7 cm³/mol. The number of nitro groups is 1. The standard InChI is InChI=1S/C11H15N3O4/c1-18-9-3-2-8(14(16)17)10(13-9)12-6-11(7-15)4-5-11/h2-3,15H,4-7H2,1H3,(H,12,13). The molecule has 2 rings (SSSR count). The first-order chi connectivity index (χ1) is 8.60. The second-order valence-corrected chi connectivity index (χ2v) is 4.49. The number of methoxy groups -OCH3 is 1. The number of aliphatic hydroxyl groups excluding tert-OH is 1. The number of hydrogen-bond donors (Lipinski definition) is 2. The average Bonchev–Trinajstić information content (AvgIpc) is 3.16. The second kappa shape index (κ2) is 4.77. The number of nitrogens with zero attached hydrogens (tertiary/aromatic N) is 2. The molecule has 2 N–H and O–H groups in total. The first-order valence-electron chi connectivity index (χ1n) is 5.64. The van der Waals surface area contributed by atoms with Crippen molar-refractivity contribution in [3.63, 3.8) is 0 Å². The van der Waals surface area contributed by atoms with Gasteiger partial charge in [-0.1, -0.05) is 0 Å². The Morgan fingerprint density at radius 2 is 2.33 bits per heavy atom. The highest BCUT2D eigenvalue weighted by Gasteiger charge is 2.42. The van der Waals surface area contributed by atoms with Gasteiger partial charge in [-0.3, -0.25) is 10.1 Å². The number of hydrogen-bond acceptors (Lipinski definition) is 6. The molecule has 0 radical (unpaired) electrons. The van der Waals surface area contributed by atoms with Gasteiger partial charge in [0.1, 0.15) is 0 Å². The number of aromatic nitrogens is 1. The fourth-order valence-electron chi connectivity index (χ4n) is 1.66. The van der Waals surface area contributed by atoms with Crippen molar-refractivity contribution in [1.29, 1.82) is 0 Å². The van der Waals surface area contributed by atoms with Crippen LogP contribution in [0.25, 0.3) is 0 Å². The molecule has 98 valence electrons. The van der Waals surface area contributed by atoms with Crippen LogP contribution in [0.15, 0.2) is 12.1 Å². The number of nitrogens with one attached hydrogen (secondary N) is 1. The largest absolute Gasteiger partial charge is 0.481 e. The molecule has 0 aliphatic heterocycles. The molecule has 0 amide bonds. The molecule has 1 aliphatic carbocycles. The normalized spacial score (nSPS) is 16.1. The van der Waals surface area contributed by atoms with Gasteiger partial charge in [0.05, 0.1) is 18.6 Å². The van der Waals surface area contributed by atoms with E-state index in [1.54, 1.807) is 0 Å². The van der Waals surface area contributed by atoms with Crippen LogP contribution >= 0.6 is 0 Å². The molecule has 1 saturated carbocycles. The summed E-state index contributed by atoms with van der Waals surface area (Å²) in [6.07, 6.45) is 1.85. The van der Waals surface area contributed by atoms with E-state index in [-0.39, 0.29) is 23.5 Å². The zero-order chi connectivity index (χ0) is 13.2. The Balaban J connectivity index is 2.16. The van der Waals surface area contributed by atoms with E-state index in [1.807, 2.05) is 0 Å². The summed E-state index contributed by atoms with van der Waals surface area (Å²) >= 11 is 0. The smallest absolute Gasteiger partial charge is 0.311 e. The minimum absolute atomic E-state index is 0.0811. The third-order valence-electron chi connectivity index (χ3n) is 3.18. The van der Waals surface area contributed by atoms with Crippen molar-refractivity contribution in [2.45, 2.75) is 12.8 Å². The van der Waals surface area contributed by atoms with Gasteiger partial charge in [-0.2, -0.15) is 4.98 Å². The number of rotatable bonds is 6. The van der Waals surface area contributed by atoms with Crippen LogP contribution in [0, 0.1) is 15.5 Å². The van der Waals surface area contributed by atoms with Crippen LogP contribution in [0.3, 0.4) is 0 Å². The Kier molecular flexibility index (Phi) is 3.33. The molecule has 0 saturated heterocycles. The van der Waals surface area contributed by atoms with E-state index in [0.717, 1.165) is 12.8 Å². The van der Waals surface area contributed by atoms with Crippen LogP contribution in [0.2, 0.25) is 0 Å². The molecule has 1 heterocycles. The predicted octanol–water partition coefficient (Wildman–Crippen LogP) is 1.18. The molecule has 0 unspecified atom stereocenters. The van der Waals surface area contributed by atoms with Crippen LogP contribution in [0.1, 0.15) is 12.8 Å². The number of pyridine rings is 1. The summed E-state index contributed by atoms with van der Waals surface area (Å²) in [5.41, 5.74) is -0.233. The highest BCUT2D eigenvalue weighted by atomic mass is 16.6. The number of aliphatic hydroxyl groups is 1. The van der Waals surface area contributed by atoms with Gasteiger partial charge in [0, 0.05) is 24.1 Å². The summed E-state index contributed by atoms with van der Waals surface area (Å²) in [4.78, 5) is 14.4. The zero-order valence-corrected chi connectivity index (χ0v) is 10.0. The Morgan fingerprint density at radius 1 is 1.61 bits per heavy atom. The van der Waals surface area contributed by atoms with Crippen molar-refractivity contribution < 1.29 is 14.8 Å². The van der Waals surface area contributed by atoms with Gasteiger partial charge in [-0.25, -0.2) is 0 Å². The van der Waals surface area contributed by atoms with Crippen molar-refractivity contribution >= 4 is 11.5 Å². The fraction of sp³-hybridized carbons (Fsp3) is 0.545. The van der Waals surface area contributed by atoms with Gasteiger partial charge in [0.2, 0.25) is 11.7 Å². The van der Waals surface area contributed by atoms with Crippen LogP contribution in [-0.2, 0) is 0 Å². The quantitative estimate of drug-likeness (QED) is 0.583. The Labute approximate surface area is 104 Å². The molecular weight excluding hydrogens is 238 g/mol. The lowest BCUT2D eigenvalue weighted by Gasteiger charge is -2.13. The van der Waals surface area contributed by atoms with E-state index in [1.165, 1.54) is 19.2 Å². The Morgan fingerprint density at radius 3 is 2.83 bits per heavy atom. The van der Waals surface area contributed by atoms with E-state index >= 15 is 0 Å². The maximum absolute atomic E-state index is 10.9. The van der Waals surface area contributed by atoms with Crippen LogP contribution in [0.4, 0.5) is 11.5 Å². The summed E-state index contributed by atoms with van der Waals surface area (Å²) in [6, 6.07) is 2.80. The number of ether oxygens (including phenoxy) is 1. The van der Waals surface area contributed by atoms with Gasteiger partial charge >= 0.3 is 5.69 Å². The van der Waals surface area contributed by atoms with Gasteiger partial charge < -0.3 is 15.2 Å². The minimum atomic E-state index is -0.493. The van der Waals surface area contributed by atoms with E-state index in [0.29, 0.717) is 12.4 Å². The third-order valence-corrected chi connectivity index (χ3v) is 3.18. The monoisotopic (exact) mass is 253 g/mol. The molecular formula is C11H15N3O4. The minimum Gasteiger partial charge on any atom is -0.481 e. The Bertz CT molecular complexity index is 460. The van der Waals surface area contributed by atoms with Gasteiger partial charge in [-0.05, 0) is 12.8 Å². The highest BCUT2D eigenvalue weighted by molar-refractivity contribution is 5.57. The lowest BCUT2D eigenvalue weighted by molar-refractivity contribution is -0.384. The second-order valence-electron chi connectivity index (χ2n) is 4.49. The molecule has 7 nitrogen and oxygen atoms in total. The van der Waals surface area contributed by atoms with Crippen molar-refractivity contribution in [2.24, 2.45) is 5.41 Å². The Hall–Kier alpha value is -1.89. The van der Waals surface area contributed by atoms with Crippen LogP contribution in [0.5, 0.6) is 5.88 Å². The molecule has 1 fully saturated rings. The lowest BCUT2D eigenvalue weighted by Crippen LogP contribution is -2.20. The SMILES string of the molecule is COc1ccc([N+](=O)[O-])c(NCC2(CO)CC2)n1. The highest BCUT2D eigenvalue weighted by Crippen LogP contribution is 2.45. The molecule has 0 atom stereocenters. The van der Waals surface area contributed by atoms with Crippen molar-refractivity contribution in [2.75, 3.05) is 25.6 Å². The molecule has 18 heavy (non-hydrogen) atoms. The van der Waals surface area contributed by atoms with E-state index in [2.05, 4.69) is 10.3 Å². The molecule has 0 bridgehead atoms. The maximum atomic E-state index is 10.9. The molecule has 7 heteroatoms. The zero-order valence-electron chi connectivity index (χ0n) is 10.0. The maximum Gasteiger partial charge on any atom is 0.311 e. The summed E-state index contributed by atoms with van der Waals surface area (Å²) < 4.78 is 4.94. The van der Waals surface area contributed by atoms with E-state index < -0.39 is 4.92 Å². The molecule has 0 aromatic carbocycles. The van der Waals surface area contributed by atoms with E-state index in [4.69, 9.17) is 4.74 Å². The van der Waals surface area contributed by atoms with Crippen molar-refractivity contribution in [3.05, 3.63) is 22.2 Å². The first-order valence-corrected chi connectivity index (χ1v) is 5.64. The van der Waals surface area contributed by atoms with Crippen molar-refractivity contribution in [3.8, 4) is 5.88 Å². The van der Waals surface area contributed by atoms with Crippen LogP contribution in [-0.4, -0.2) is 35.3 Å². The third kappa shape index (κ3) is 2.51. The fourth-order valence-corrected chi connectivity index (χ4v) is 1.66. The average molecular weight is 253 g/mol. The van der Waals surface area contributed by atoms with Gasteiger partial charge in [-0.15, -0.1) is 0 Å². The molecule has 1 aliphatic rings. The lowest BCUT2D eigenvalue weighted by atomic mass is 10.1.